The number of anilines is 1. The molecule has 4 nitrogen and oxygen atoms in total. The van der Waals surface area contributed by atoms with E-state index in [1.807, 2.05) is 22.9 Å². The average Bonchev–Trinajstić information content (AvgIpc) is 2.86. The Bertz CT molecular complexity index is 700. The van der Waals surface area contributed by atoms with Gasteiger partial charge in [0.25, 0.3) is 5.91 Å². The number of nitrogens with zero attached hydrogens (tertiary/aromatic N) is 3. The van der Waals surface area contributed by atoms with Crippen molar-refractivity contribution in [1.82, 2.24) is 4.57 Å². The lowest BCUT2D eigenvalue weighted by Gasteiger charge is -2.19. The van der Waals surface area contributed by atoms with Crippen LogP contribution in [0.1, 0.15) is 29.4 Å². The number of hydrogen-bond acceptors (Lipinski definition) is 2. The Morgan fingerprint density at radius 1 is 1.43 bits per heavy atom. The molecule has 0 unspecified atom stereocenters. The Labute approximate surface area is 132 Å². The molecule has 2 aromatic rings. The lowest BCUT2D eigenvalue weighted by Crippen LogP contribution is -2.29. The van der Waals surface area contributed by atoms with Crippen LogP contribution in [-0.4, -0.2) is 17.5 Å². The maximum Gasteiger partial charge on any atom is 0.274 e. The van der Waals surface area contributed by atoms with Crippen LogP contribution < -0.4 is 4.90 Å². The van der Waals surface area contributed by atoms with Crippen LogP contribution in [0.4, 0.5) is 5.69 Å². The Balaban J connectivity index is 2.38. The standard InChI is InChI=1S/C16H16BrN3O/c1-3-8-20-11-13(17)9-15(20)16(21)19(2)14-7-5-4-6-12(14)10-18/h4-7,9,11H,3,8H2,1-2H3. The summed E-state index contributed by atoms with van der Waals surface area (Å²) in [6, 6.07) is 11.0. The molecule has 5 heteroatoms. The monoisotopic (exact) mass is 345 g/mol. The largest absolute Gasteiger partial charge is 0.342 e. The number of carbonyl (C=O) groups is 1. The van der Waals surface area contributed by atoms with Gasteiger partial charge >= 0.3 is 0 Å². The first-order chi connectivity index (χ1) is 10.1. The Hall–Kier alpha value is -2.06. The molecule has 1 amide bonds. The van der Waals surface area contributed by atoms with Gasteiger partial charge in [-0.2, -0.15) is 5.26 Å². The van der Waals surface area contributed by atoms with Crippen molar-refractivity contribution in [3.8, 4) is 6.07 Å². The maximum absolute atomic E-state index is 12.7. The summed E-state index contributed by atoms with van der Waals surface area (Å²) in [7, 11) is 1.69. The molecule has 21 heavy (non-hydrogen) atoms. The minimum atomic E-state index is -0.128. The molecule has 0 bridgehead atoms. The van der Waals surface area contributed by atoms with Crippen molar-refractivity contribution in [2.24, 2.45) is 0 Å². The van der Waals surface area contributed by atoms with Crippen molar-refractivity contribution in [2.75, 3.05) is 11.9 Å². The number of para-hydroxylation sites is 1. The van der Waals surface area contributed by atoms with Crippen molar-refractivity contribution in [1.29, 1.82) is 5.26 Å². The number of halogens is 1. The van der Waals surface area contributed by atoms with Crippen LogP contribution in [0.3, 0.4) is 0 Å². The number of carbonyl (C=O) groups excluding carboxylic acids is 1. The lowest BCUT2D eigenvalue weighted by molar-refractivity contribution is 0.0984. The first-order valence-corrected chi connectivity index (χ1v) is 7.50. The predicted octanol–water partition coefficient (Wildman–Crippen LogP) is 3.81. The van der Waals surface area contributed by atoms with E-state index >= 15 is 0 Å². The molecule has 0 spiro atoms. The van der Waals surface area contributed by atoms with Crippen LogP contribution in [0.25, 0.3) is 0 Å². The lowest BCUT2D eigenvalue weighted by atomic mass is 10.1. The number of rotatable bonds is 4. The van der Waals surface area contributed by atoms with Gasteiger partial charge in [0.05, 0.1) is 11.3 Å². The van der Waals surface area contributed by atoms with E-state index in [2.05, 4.69) is 28.9 Å². The van der Waals surface area contributed by atoms with Crippen LogP contribution >= 0.6 is 15.9 Å². The Kier molecular flexibility index (Phi) is 4.81. The molecular formula is C16H16BrN3O. The topological polar surface area (TPSA) is 49.0 Å². The molecule has 0 aliphatic heterocycles. The minimum absolute atomic E-state index is 0.128. The quantitative estimate of drug-likeness (QED) is 0.845. The molecule has 0 radical (unpaired) electrons. The van der Waals surface area contributed by atoms with Gasteiger partial charge in [-0.25, -0.2) is 0 Å². The molecule has 1 aromatic heterocycles. The van der Waals surface area contributed by atoms with Crippen LogP contribution in [0.2, 0.25) is 0 Å². The average molecular weight is 346 g/mol. The second kappa shape index (κ2) is 6.59. The summed E-state index contributed by atoms with van der Waals surface area (Å²) in [6.07, 6.45) is 2.85. The highest BCUT2D eigenvalue weighted by Gasteiger charge is 2.20. The normalized spacial score (nSPS) is 10.2. The van der Waals surface area contributed by atoms with Gasteiger partial charge in [-0.15, -0.1) is 0 Å². The van der Waals surface area contributed by atoms with E-state index in [1.165, 1.54) is 4.90 Å². The molecule has 1 aromatic carbocycles. The van der Waals surface area contributed by atoms with Crippen molar-refractivity contribution < 1.29 is 4.79 Å². The molecule has 0 fully saturated rings. The number of hydrogen-bond donors (Lipinski definition) is 0. The van der Waals surface area contributed by atoms with E-state index in [0.717, 1.165) is 17.4 Å². The third-order valence-corrected chi connectivity index (χ3v) is 3.67. The molecule has 0 saturated carbocycles. The highest BCUT2D eigenvalue weighted by atomic mass is 79.9. The van der Waals surface area contributed by atoms with Crippen LogP contribution in [0.15, 0.2) is 41.0 Å². The summed E-state index contributed by atoms with van der Waals surface area (Å²) in [5, 5.41) is 9.16. The third-order valence-electron chi connectivity index (χ3n) is 3.24. The van der Waals surface area contributed by atoms with E-state index in [9.17, 15) is 4.79 Å². The number of aryl methyl sites for hydroxylation is 1. The maximum atomic E-state index is 12.7. The molecule has 1 heterocycles. The summed E-state index contributed by atoms with van der Waals surface area (Å²) in [4.78, 5) is 14.2. The number of amides is 1. The summed E-state index contributed by atoms with van der Waals surface area (Å²) in [5.74, 6) is -0.128. The van der Waals surface area contributed by atoms with Crippen LogP contribution in [0.5, 0.6) is 0 Å². The van der Waals surface area contributed by atoms with Gasteiger partial charge in [-0.3, -0.25) is 4.79 Å². The van der Waals surface area contributed by atoms with E-state index < -0.39 is 0 Å². The van der Waals surface area contributed by atoms with E-state index in [0.29, 0.717) is 16.9 Å². The van der Waals surface area contributed by atoms with Crippen LogP contribution in [0, 0.1) is 11.3 Å². The minimum Gasteiger partial charge on any atom is -0.342 e. The van der Waals surface area contributed by atoms with Gasteiger partial charge in [-0.1, -0.05) is 19.1 Å². The summed E-state index contributed by atoms with van der Waals surface area (Å²) < 4.78 is 2.80. The molecule has 0 N–H and O–H groups in total. The first-order valence-electron chi connectivity index (χ1n) is 6.71. The van der Waals surface area contributed by atoms with Crippen molar-refractivity contribution >= 4 is 27.5 Å². The molecule has 108 valence electrons. The van der Waals surface area contributed by atoms with Crippen molar-refractivity contribution in [2.45, 2.75) is 19.9 Å². The first kappa shape index (κ1) is 15.3. The predicted molar refractivity (Wildman–Crippen MR) is 86.3 cm³/mol. The van der Waals surface area contributed by atoms with E-state index in [-0.39, 0.29) is 5.91 Å². The van der Waals surface area contributed by atoms with Gasteiger partial charge < -0.3 is 9.47 Å². The molecule has 2 rings (SSSR count). The highest BCUT2D eigenvalue weighted by Crippen LogP contribution is 2.22. The second-order valence-corrected chi connectivity index (χ2v) is 5.65. The smallest absolute Gasteiger partial charge is 0.274 e. The fourth-order valence-electron chi connectivity index (χ4n) is 2.22. The molecule has 0 aliphatic rings. The zero-order valence-corrected chi connectivity index (χ0v) is 13.6. The SMILES string of the molecule is CCCn1cc(Br)cc1C(=O)N(C)c1ccccc1C#N. The summed E-state index contributed by atoms with van der Waals surface area (Å²) in [5.41, 5.74) is 1.71. The van der Waals surface area contributed by atoms with Gasteiger partial charge in [0.15, 0.2) is 0 Å². The Morgan fingerprint density at radius 3 is 2.81 bits per heavy atom. The Morgan fingerprint density at radius 2 is 2.14 bits per heavy atom. The summed E-state index contributed by atoms with van der Waals surface area (Å²) in [6.45, 7) is 2.84. The second-order valence-electron chi connectivity index (χ2n) is 4.73. The molecule has 0 atom stereocenters. The van der Waals surface area contributed by atoms with Crippen LogP contribution in [-0.2, 0) is 6.54 Å². The number of aromatic nitrogens is 1. The van der Waals surface area contributed by atoms with Crippen molar-refractivity contribution in [3.63, 3.8) is 0 Å². The van der Waals surface area contributed by atoms with E-state index in [4.69, 9.17) is 5.26 Å². The zero-order valence-electron chi connectivity index (χ0n) is 12.0. The highest BCUT2D eigenvalue weighted by molar-refractivity contribution is 9.10. The molecule has 0 saturated heterocycles. The third kappa shape index (κ3) is 3.17. The van der Waals surface area contributed by atoms with Gasteiger partial charge in [0.1, 0.15) is 11.8 Å². The van der Waals surface area contributed by atoms with Gasteiger partial charge in [0, 0.05) is 24.3 Å². The van der Waals surface area contributed by atoms with E-state index in [1.54, 1.807) is 25.2 Å². The number of benzene rings is 1. The fraction of sp³-hybridized carbons (Fsp3) is 0.250. The molecule has 0 aliphatic carbocycles. The number of nitriles is 1. The van der Waals surface area contributed by atoms with Gasteiger partial charge in [-0.05, 0) is 40.5 Å². The van der Waals surface area contributed by atoms with Gasteiger partial charge in [0.2, 0.25) is 0 Å². The molecular weight excluding hydrogens is 330 g/mol. The zero-order chi connectivity index (χ0) is 15.4. The summed E-state index contributed by atoms with van der Waals surface area (Å²) >= 11 is 3.41. The van der Waals surface area contributed by atoms with Crippen molar-refractivity contribution in [3.05, 3.63) is 52.3 Å². The fourth-order valence-corrected chi connectivity index (χ4v) is 2.69.